The van der Waals surface area contributed by atoms with Crippen LogP contribution in [0.4, 0.5) is 5.69 Å². The predicted molar refractivity (Wildman–Crippen MR) is 131 cm³/mol. The van der Waals surface area contributed by atoms with E-state index in [1.54, 1.807) is 14.0 Å². The van der Waals surface area contributed by atoms with E-state index in [0.29, 0.717) is 23.1 Å². The number of nitrogens with one attached hydrogen (secondary N) is 3. The van der Waals surface area contributed by atoms with Crippen LogP contribution in [0.1, 0.15) is 46.7 Å². The number of thiazole rings is 1. The van der Waals surface area contributed by atoms with Crippen LogP contribution >= 0.6 is 35.3 Å². The zero-order chi connectivity index (χ0) is 20.4. The van der Waals surface area contributed by atoms with Gasteiger partial charge in [-0.25, -0.2) is 9.78 Å². The maximum Gasteiger partial charge on any atom is 0.350 e. The number of anilines is 1. The number of carbonyl (C=O) groups is 1. The maximum absolute atomic E-state index is 12.0. The highest BCUT2D eigenvalue weighted by Crippen LogP contribution is 2.24. The molecule has 160 valence electrons. The van der Waals surface area contributed by atoms with Crippen molar-refractivity contribution in [1.82, 2.24) is 15.6 Å². The summed E-state index contributed by atoms with van der Waals surface area (Å²) in [5, 5.41) is 10.8. The average Bonchev–Trinajstić information content (AvgIpc) is 3.09. The van der Waals surface area contributed by atoms with Crippen LogP contribution in [-0.4, -0.2) is 43.7 Å². The summed E-state index contributed by atoms with van der Waals surface area (Å²) in [7, 11) is 1.74. The first-order valence-corrected chi connectivity index (χ1v) is 10.3. The summed E-state index contributed by atoms with van der Waals surface area (Å²) in [6.07, 6.45) is 0.952. The highest BCUT2D eigenvalue weighted by atomic mass is 127. The number of halogens is 1. The predicted octanol–water partition coefficient (Wildman–Crippen LogP) is 3.97. The molecule has 1 unspecified atom stereocenters. The Labute approximate surface area is 193 Å². The number of hydrogen-bond acceptors (Lipinski definition) is 6. The van der Waals surface area contributed by atoms with Crippen molar-refractivity contribution in [3.05, 3.63) is 45.9 Å². The summed E-state index contributed by atoms with van der Waals surface area (Å²) in [6, 6.07) is 10.1. The van der Waals surface area contributed by atoms with E-state index in [2.05, 4.69) is 38.1 Å². The molecule has 29 heavy (non-hydrogen) atoms. The number of para-hydroxylation sites is 1. The zero-order valence-corrected chi connectivity index (χ0v) is 20.5. The van der Waals surface area contributed by atoms with Gasteiger partial charge in [-0.05, 0) is 39.3 Å². The van der Waals surface area contributed by atoms with Crippen LogP contribution in [0.15, 0.2) is 35.3 Å². The molecule has 0 fully saturated rings. The third-order valence-electron chi connectivity index (χ3n) is 3.97. The highest BCUT2D eigenvalue weighted by Gasteiger charge is 2.20. The normalized spacial score (nSPS) is 11.9. The van der Waals surface area contributed by atoms with E-state index in [9.17, 15) is 4.79 Å². The zero-order valence-electron chi connectivity index (χ0n) is 17.3. The van der Waals surface area contributed by atoms with Crippen LogP contribution in [0.2, 0.25) is 0 Å². The highest BCUT2D eigenvalue weighted by molar-refractivity contribution is 14.0. The lowest BCUT2D eigenvalue weighted by atomic mass is 10.3. The summed E-state index contributed by atoms with van der Waals surface area (Å²) in [6.45, 7) is 7.64. The molecule has 0 amide bonds. The first-order valence-electron chi connectivity index (χ1n) is 9.45. The molecule has 2 rings (SSSR count). The van der Waals surface area contributed by atoms with Crippen molar-refractivity contribution in [2.45, 2.75) is 33.2 Å². The third-order valence-corrected chi connectivity index (χ3v) is 5.29. The number of aromatic nitrogens is 1. The van der Waals surface area contributed by atoms with E-state index in [-0.39, 0.29) is 36.0 Å². The smallest absolute Gasteiger partial charge is 0.350 e. The van der Waals surface area contributed by atoms with Gasteiger partial charge in [-0.1, -0.05) is 18.2 Å². The molecule has 0 aliphatic rings. The van der Waals surface area contributed by atoms with Crippen molar-refractivity contribution >= 4 is 52.9 Å². The Hall–Kier alpha value is -1.88. The molecule has 0 saturated carbocycles. The molecule has 1 aromatic carbocycles. The Kier molecular flexibility index (Phi) is 11.6. The maximum atomic E-state index is 12.0. The fourth-order valence-electron chi connectivity index (χ4n) is 2.53. The minimum atomic E-state index is -0.315. The van der Waals surface area contributed by atoms with Crippen molar-refractivity contribution < 1.29 is 9.53 Å². The largest absolute Gasteiger partial charge is 0.462 e. The fraction of sp³-hybridized carbons (Fsp3) is 0.450. The lowest BCUT2D eigenvalue weighted by Crippen LogP contribution is -2.39. The summed E-state index contributed by atoms with van der Waals surface area (Å²) in [4.78, 5) is 21.3. The van der Waals surface area contributed by atoms with Crippen LogP contribution in [-0.2, 0) is 4.74 Å². The van der Waals surface area contributed by atoms with E-state index in [4.69, 9.17) is 4.74 Å². The second-order valence-corrected chi connectivity index (χ2v) is 7.23. The van der Waals surface area contributed by atoms with E-state index in [1.807, 2.05) is 32.0 Å². The number of esters is 1. The number of guanidine groups is 1. The molecule has 0 aliphatic carbocycles. The van der Waals surface area contributed by atoms with Crippen molar-refractivity contribution in [3.8, 4) is 0 Å². The van der Waals surface area contributed by atoms with Gasteiger partial charge in [0.15, 0.2) is 5.96 Å². The first kappa shape index (κ1) is 25.2. The number of ether oxygens (including phenoxy) is 1. The topological polar surface area (TPSA) is 87.6 Å². The van der Waals surface area contributed by atoms with Gasteiger partial charge < -0.3 is 20.7 Å². The van der Waals surface area contributed by atoms with Gasteiger partial charge in [-0.2, -0.15) is 0 Å². The fourth-order valence-corrected chi connectivity index (χ4v) is 3.50. The monoisotopic (exact) mass is 531 g/mol. The molecular formula is C20H30IN5O2S. The van der Waals surface area contributed by atoms with Crippen LogP contribution in [0.3, 0.4) is 0 Å². The number of carbonyl (C=O) groups excluding carboxylic acids is 1. The second-order valence-electron chi connectivity index (χ2n) is 6.20. The lowest BCUT2D eigenvalue weighted by Gasteiger charge is -2.16. The number of nitrogens with zero attached hydrogens (tertiary/aromatic N) is 2. The van der Waals surface area contributed by atoms with E-state index in [1.165, 1.54) is 11.3 Å². The number of hydrogen-bond donors (Lipinski definition) is 3. The van der Waals surface area contributed by atoms with E-state index >= 15 is 0 Å². The number of benzene rings is 1. The van der Waals surface area contributed by atoms with E-state index < -0.39 is 0 Å². The molecule has 1 atom stereocenters. The van der Waals surface area contributed by atoms with Gasteiger partial charge in [-0.3, -0.25) is 4.99 Å². The van der Waals surface area contributed by atoms with Gasteiger partial charge in [0.05, 0.1) is 18.3 Å². The van der Waals surface area contributed by atoms with Gasteiger partial charge in [0.1, 0.15) is 9.88 Å². The lowest BCUT2D eigenvalue weighted by molar-refractivity contribution is 0.0531. The van der Waals surface area contributed by atoms with Gasteiger partial charge in [-0.15, -0.1) is 35.3 Å². The Bertz CT molecular complexity index is 782. The van der Waals surface area contributed by atoms with E-state index in [0.717, 1.165) is 30.2 Å². The number of rotatable bonds is 9. The molecule has 0 bridgehead atoms. The first-order chi connectivity index (χ1) is 13.5. The molecule has 0 aliphatic heterocycles. The molecule has 9 heteroatoms. The SMILES string of the molecule is CCOC(=O)c1sc(C(C)NC(=NC)NCCCNc2ccccc2)nc1C.I. The van der Waals surface area contributed by atoms with Crippen molar-refractivity contribution in [3.63, 3.8) is 0 Å². The molecule has 0 radical (unpaired) electrons. The van der Waals surface area contributed by atoms with Gasteiger partial charge in [0.2, 0.25) is 0 Å². The molecule has 0 saturated heterocycles. The quantitative estimate of drug-likeness (QED) is 0.149. The Morgan fingerprint density at radius 2 is 2.00 bits per heavy atom. The Balaban J connectivity index is 0.00000420. The van der Waals surface area contributed by atoms with Crippen LogP contribution in [0.5, 0.6) is 0 Å². The Morgan fingerprint density at radius 1 is 1.28 bits per heavy atom. The minimum absolute atomic E-state index is 0. The van der Waals surface area contributed by atoms with Crippen LogP contribution in [0.25, 0.3) is 0 Å². The summed E-state index contributed by atoms with van der Waals surface area (Å²) < 4.78 is 5.08. The average molecular weight is 531 g/mol. The summed E-state index contributed by atoms with van der Waals surface area (Å²) in [5.74, 6) is 0.391. The molecule has 2 aromatic rings. The third kappa shape index (κ3) is 8.17. The minimum Gasteiger partial charge on any atom is -0.462 e. The standard InChI is InChI=1S/C20H29N5O2S.HI/c1-5-27-19(26)17-14(2)24-18(28-17)15(3)25-20(21-4)23-13-9-12-22-16-10-7-6-8-11-16;/h6-8,10-11,15,22H,5,9,12-13H2,1-4H3,(H2,21,23,25);1H. The molecule has 1 aromatic heterocycles. The second kappa shape index (κ2) is 13.4. The molecule has 1 heterocycles. The van der Waals surface area contributed by atoms with Gasteiger partial charge in [0, 0.05) is 25.8 Å². The number of aliphatic imine (C=N–C) groups is 1. The molecule has 7 nitrogen and oxygen atoms in total. The summed E-state index contributed by atoms with van der Waals surface area (Å²) >= 11 is 1.36. The summed E-state index contributed by atoms with van der Waals surface area (Å²) in [5.41, 5.74) is 1.82. The molecule has 3 N–H and O–H groups in total. The van der Waals surface area contributed by atoms with Crippen molar-refractivity contribution in [2.24, 2.45) is 4.99 Å². The number of aryl methyl sites for hydroxylation is 1. The van der Waals surface area contributed by atoms with Crippen molar-refractivity contribution in [1.29, 1.82) is 0 Å². The van der Waals surface area contributed by atoms with Crippen LogP contribution < -0.4 is 16.0 Å². The van der Waals surface area contributed by atoms with Gasteiger partial charge >= 0.3 is 5.97 Å². The van der Waals surface area contributed by atoms with Gasteiger partial charge in [0.25, 0.3) is 0 Å². The Morgan fingerprint density at radius 3 is 2.66 bits per heavy atom. The molecular weight excluding hydrogens is 501 g/mol. The molecule has 0 spiro atoms. The van der Waals surface area contributed by atoms with Crippen molar-refractivity contribution in [2.75, 3.05) is 32.1 Å². The van der Waals surface area contributed by atoms with Crippen LogP contribution in [0, 0.1) is 6.92 Å².